The number of methoxy groups -OCH3 is 1. The lowest BCUT2D eigenvalue weighted by atomic mass is 9.72. The number of ether oxygens (including phenoxy) is 3. The average molecular weight is 510 g/mol. The quantitative estimate of drug-likeness (QED) is 0.398. The molecule has 3 atom stereocenters. The number of nitrogens with zero attached hydrogens (tertiary/aromatic N) is 1. The Morgan fingerprint density at radius 2 is 1.97 bits per heavy atom. The van der Waals surface area contributed by atoms with Gasteiger partial charge in [0.25, 0.3) is 0 Å². The fraction of sp³-hybridized carbons (Fsp3) is 0.414. The van der Waals surface area contributed by atoms with Crippen LogP contribution < -0.4 is 9.47 Å². The zero-order valence-electron chi connectivity index (χ0n) is 21.2. The van der Waals surface area contributed by atoms with Gasteiger partial charge < -0.3 is 24.2 Å². The molecule has 36 heavy (non-hydrogen) atoms. The maximum atomic E-state index is 13.0. The molecule has 1 saturated heterocycles. The van der Waals surface area contributed by atoms with Crippen molar-refractivity contribution in [3.05, 3.63) is 82.0 Å². The molecule has 3 unspecified atom stereocenters. The molecule has 0 bridgehead atoms. The number of carbonyl (C=O) groups is 1. The van der Waals surface area contributed by atoms with Crippen molar-refractivity contribution in [1.29, 1.82) is 0 Å². The molecule has 192 valence electrons. The van der Waals surface area contributed by atoms with Crippen molar-refractivity contribution in [2.75, 3.05) is 33.4 Å². The third-order valence-corrected chi connectivity index (χ3v) is 7.93. The van der Waals surface area contributed by atoms with Crippen molar-refractivity contribution in [2.45, 2.75) is 38.9 Å². The molecule has 1 aliphatic rings. The van der Waals surface area contributed by atoms with Crippen LogP contribution in [-0.4, -0.2) is 55.4 Å². The molecule has 0 saturated carbocycles. The molecular formula is C29H35NO5S. The third-order valence-electron chi connectivity index (χ3n) is 7.19. The Hall–Kier alpha value is -2.87. The second kappa shape index (κ2) is 11.9. The maximum Gasteiger partial charge on any atom is 0.248 e. The highest BCUT2D eigenvalue weighted by molar-refractivity contribution is 7.07. The minimum Gasteiger partial charge on any atom is -0.493 e. The highest BCUT2D eigenvalue weighted by atomic mass is 32.1. The third kappa shape index (κ3) is 6.09. The van der Waals surface area contributed by atoms with Gasteiger partial charge in [-0.2, -0.15) is 11.3 Å². The summed E-state index contributed by atoms with van der Waals surface area (Å²) < 4.78 is 17.4. The predicted octanol–water partition coefficient (Wildman–Crippen LogP) is 4.91. The van der Waals surface area contributed by atoms with Gasteiger partial charge in [-0.1, -0.05) is 43.3 Å². The summed E-state index contributed by atoms with van der Waals surface area (Å²) in [6.45, 7) is 5.76. The first-order valence-corrected chi connectivity index (χ1v) is 13.2. The number of carbonyl (C=O) groups excluding carboxylic acids is 1. The molecule has 2 aromatic carbocycles. The van der Waals surface area contributed by atoms with Gasteiger partial charge in [0, 0.05) is 30.8 Å². The van der Waals surface area contributed by atoms with Gasteiger partial charge in [-0.05, 0) is 52.6 Å². The Morgan fingerprint density at radius 1 is 1.17 bits per heavy atom. The van der Waals surface area contributed by atoms with Crippen LogP contribution in [0, 0.1) is 5.41 Å². The highest BCUT2D eigenvalue weighted by Gasteiger charge is 2.48. The lowest BCUT2D eigenvalue weighted by Gasteiger charge is -2.33. The molecule has 1 fully saturated rings. The van der Waals surface area contributed by atoms with Gasteiger partial charge in [0.2, 0.25) is 5.91 Å². The summed E-state index contributed by atoms with van der Waals surface area (Å²) in [7, 11) is 1.63. The van der Waals surface area contributed by atoms with E-state index < -0.39 is 11.5 Å². The fourth-order valence-corrected chi connectivity index (χ4v) is 5.48. The van der Waals surface area contributed by atoms with E-state index in [1.165, 1.54) is 5.56 Å². The maximum absolute atomic E-state index is 13.0. The Kier molecular flexibility index (Phi) is 8.67. The smallest absolute Gasteiger partial charge is 0.248 e. The average Bonchev–Trinajstić information content (AvgIpc) is 3.53. The summed E-state index contributed by atoms with van der Waals surface area (Å²) in [5.74, 6) is 1.22. The van der Waals surface area contributed by atoms with Crippen LogP contribution in [0.5, 0.6) is 11.5 Å². The van der Waals surface area contributed by atoms with E-state index in [4.69, 9.17) is 14.2 Å². The Morgan fingerprint density at radius 3 is 2.67 bits per heavy atom. The van der Waals surface area contributed by atoms with Crippen LogP contribution in [0.4, 0.5) is 0 Å². The summed E-state index contributed by atoms with van der Waals surface area (Å²) in [6.07, 6.45) is 0.215. The number of aliphatic hydroxyl groups is 1. The molecule has 2 heterocycles. The number of hydrogen-bond donors (Lipinski definition) is 1. The second-order valence-corrected chi connectivity index (χ2v) is 10.4. The Balaban J connectivity index is 1.45. The molecule has 1 N–H and O–H groups in total. The SMILES string of the molecule is COc1ccc(C2CN(C(=O)COCc3ccccc3)CC2(C)C(C)O)cc1OCCc1ccsc1. The Labute approximate surface area is 217 Å². The first-order valence-electron chi connectivity index (χ1n) is 12.3. The lowest BCUT2D eigenvalue weighted by Crippen LogP contribution is -2.38. The van der Waals surface area contributed by atoms with Crippen molar-refractivity contribution in [3.63, 3.8) is 0 Å². The number of benzene rings is 2. The first-order chi connectivity index (χ1) is 17.4. The van der Waals surface area contributed by atoms with E-state index in [0.717, 1.165) is 17.5 Å². The molecule has 6 nitrogen and oxygen atoms in total. The van der Waals surface area contributed by atoms with Crippen molar-refractivity contribution in [3.8, 4) is 11.5 Å². The standard InChI is InChI=1S/C29H35NO5S/c1-21(31)29(2)20-30(28(32)18-34-17-22-7-5-4-6-8-22)16-25(29)24-9-10-26(33-3)27(15-24)35-13-11-23-12-14-36-19-23/h4-10,12,14-15,19,21,25,31H,11,13,16-18,20H2,1-3H3. The van der Waals surface area contributed by atoms with Crippen LogP contribution in [0.1, 0.15) is 36.5 Å². The fourth-order valence-electron chi connectivity index (χ4n) is 4.77. The molecule has 1 aromatic heterocycles. The number of rotatable bonds is 11. The molecule has 0 radical (unpaired) electrons. The number of hydrogen-bond acceptors (Lipinski definition) is 6. The van der Waals surface area contributed by atoms with Crippen LogP contribution >= 0.6 is 11.3 Å². The van der Waals surface area contributed by atoms with Gasteiger partial charge in [-0.25, -0.2) is 0 Å². The van der Waals surface area contributed by atoms with Gasteiger partial charge in [0.05, 0.1) is 26.4 Å². The molecule has 0 aliphatic carbocycles. The van der Waals surface area contributed by atoms with Crippen molar-refractivity contribution < 1.29 is 24.1 Å². The summed E-state index contributed by atoms with van der Waals surface area (Å²) in [5.41, 5.74) is 2.79. The second-order valence-electron chi connectivity index (χ2n) is 9.63. The van der Waals surface area contributed by atoms with E-state index >= 15 is 0 Å². The topological polar surface area (TPSA) is 68.2 Å². The zero-order chi connectivity index (χ0) is 25.5. The number of amides is 1. The van der Waals surface area contributed by atoms with Gasteiger partial charge in [0.15, 0.2) is 11.5 Å². The van der Waals surface area contributed by atoms with Crippen LogP contribution in [0.2, 0.25) is 0 Å². The highest BCUT2D eigenvalue weighted by Crippen LogP contribution is 2.46. The van der Waals surface area contributed by atoms with Crippen molar-refractivity contribution in [1.82, 2.24) is 4.90 Å². The molecule has 1 amide bonds. The molecule has 4 rings (SSSR count). The minimum atomic E-state index is -0.601. The largest absolute Gasteiger partial charge is 0.493 e. The molecule has 3 aromatic rings. The monoisotopic (exact) mass is 509 g/mol. The summed E-state index contributed by atoms with van der Waals surface area (Å²) in [5, 5.41) is 14.9. The molecule has 7 heteroatoms. The normalized spacial score (nSPS) is 20.3. The summed E-state index contributed by atoms with van der Waals surface area (Å²) >= 11 is 1.68. The van der Waals surface area contributed by atoms with E-state index in [1.54, 1.807) is 25.4 Å². The molecule has 1 aliphatic heterocycles. The first kappa shape index (κ1) is 26.2. The number of likely N-dealkylation sites (tertiary alicyclic amines) is 1. The van der Waals surface area contributed by atoms with E-state index in [0.29, 0.717) is 37.8 Å². The van der Waals surface area contributed by atoms with Gasteiger partial charge >= 0.3 is 0 Å². The summed E-state index contributed by atoms with van der Waals surface area (Å²) in [4.78, 5) is 14.8. The van der Waals surface area contributed by atoms with Gasteiger partial charge in [-0.15, -0.1) is 0 Å². The van der Waals surface area contributed by atoms with Crippen LogP contribution in [0.15, 0.2) is 65.4 Å². The Bertz CT molecular complexity index is 1120. The summed E-state index contributed by atoms with van der Waals surface area (Å²) in [6, 6.07) is 17.8. The van der Waals surface area contributed by atoms with E-state index in [-0.39, 0.29) is 18.4 Å². The van der Waals surface area contributed by atoms with Crippen molar-refractivity contribution >= 4 is 17.2 Å². The van der Waals surface area contributed by atoms with Crippen LogP contribution in [-0.2, 0) is 22.6 Å². The molecule has 0 spiro atoms. The number of thiophene rings is 1. The van der Waals surface area contributed by atoms with Crippen LogP contribution in [0.3, 0.4) is 0 Å². The molecular weight excluding hydrogens is 474 g/mol. The van der Waals surface area contributed by atoms with E-state index in [1.807, 2.05) is 60.4 Å². The van der Waals surface area contributed by atoms with E-state index in [9.17, 15) is 9.90 Å². The lowest BCUT2D eigenvalue weighted by molar-refractivity contribution is -0.136. The minimum absolute atomic E-state index is 0.0110. The van der Waals surface area contributed by atoms with Crippen molar-refractivity contribution in [2.24, 2.45) is 5.41 Å². The predicted molar refractivity (Wildman–Crippen MR) is 142 cm³/mol. The van der Waals surface area contributed by atoms with Gasteiger partial charge in [0.1, 0.15) is 6.61 Å². The van der Waals surface area contributed by atoms with Crippen LogP contribution in [0.25, 0.3) is 0 Å². The number of aliphatic hydroxyl groups excluding tert-OH is 1. The van der Waals surface area contributed by atoms with E-state index in [2.05, 4.69) is 16.8 Å². The zero-order valence-corrected chi connectivity index (χ0v) is 22.0. The van der Waals surface area contributed by atoms with Gasteiger partial charge in [-0.3, -0.25) is 4.79 Å².